The van der Waals surface area contributed by atoms with Crippen LogP contribution in [0.4, 0.5) is 4.39 Å². The fourth-order valence-electron chi connectivity index (χ4n) is 1.25. The highest BCUT2D eigenvalue weighted by Gasteiger charge is 2.06. The monoisotopic (exact) mass is 300 g/mol. The molecular weight excluding hydrogens is 291 g/mol. The Balaban J connectivity index is 2.01. The van der Waals surface area contributed by atoms with Gasteiger partial charge in [-0.15, -0.1) is 0 Å². The standard InChI is InChI=1S/C11H10BrFN2O2/c1-2-11-14-10(15-17-11)6-16-9-4-7(12)3-8(13)5-9/h3-5H,2,6H2,1H3. The van der Waals surface area contributed by atoms with Crippen molar-refractivity contribution in [1.82, 2.24) is 10.1 Å². The number of nitrogens with zero attached hydrogens (tertiary/aromatic N) is 2. The normalized spacial score (nSPS) is 10.5. The number of aromatic nitrogens is 2. The second-order valence-corrected chi connectivity index (χ2v) is 4.27. The average molecular weight is 301 g/mol. The molecule has 0 radical (unpaired) electrons. The third kappa shape index (κ3) is 3.26. The summed E-state index contributed by atoms with van der Waals surface area (Å²) in [7, 11) is 0. The SMILES string of the molecule is CCc1nc(COc2cc(F)cc(Br)c2)no1. The van der Waals surface area contributed by atoms with Gasteiger partial charge in [-0.1, -0.05) is 28.0 Å². The molecule has 0 amide bonds. The fourth-order valence-corrected chi connectivity index (χ4v) is 1.70. The lowest BCUT2D eigenvalue weighted by Crippen LogP contribution is -1.98. The number of aryl methyl sites for hydroxylation is 1. The Morgan fingerprint density at radius 2 is 2.24 bits per heavy atom. The quantitative estimate of drug-likeness (QED) is 0.870. The number of ether oxygens (including phenoxy) is 1. The second kappa shape index (κ2) is 5.27. The van der Waals surface area contributed by atoms with Gasteiger partial charge in [0.25, 0.3) is 0 Å². The molecule has 0 fully saturated rings. The molecule has 1 heterocycles. The summed E-state index contributed by atoms with van der Waals surface area (Å²) in [6.45, 7) is 2.07. The van der Waals surface area contributed by atoms with Gasteiger partial charge in [-0.25, -0.2) is 4.39 Å². The number of rotatable bonds is 4. The van der Waals surface area contributed by atoms with Crippen LogP contribution in [0.25, 0.3) is 0 Å². The fraction of sp³-hybridized carbons (Fsp3) is 0.273. The van der Waals surface area contributed by atoms with Gasteiger partial charge in [0, 0.05) is 17.0 Å². The summed E-state index contributed by atoms with van der Waals surface area (Å²) in [6, 6.07) is 4.33. The summed E-state index contributed by atoms with van der Waals surface area (Å²) >= 11 is 3.18. The second-order valence-electron chi connectivity index (χ2n) is 3.35. The van der Waals surface area contributed by atoms with E-state index in [9.17, 15) is 4.39 Å². The van der Waals surface area contributed by atoms with Crippen LogP contribution in [0.2, 0.25) is 0 Å². The van der Waals surface area contributed by atoms with Crippen LogP contribution < -0.4 is 4.74 Å². The summed E-state index contributed by atoms with van der Waals surface area (Å²) in [5, 5.41) is 3.73. The lowest BCUT2D eigenvalue weighted by molar-refractivity contribution is 0.284. The first-order valence-corrected chi connectivity index (χ1v) is 5.87. The Hall–Kier alpha value is -1.43. The van der Waals surface area contributed by atoms with E-state index < -0.39 is 0 Å². The lowest BCUT2D eigenvalue weighted by atomic mass is 10.3. The van der Waals surface area contributed by atoms with E-state index in [1.807, 2.05) is 6.92 Å². The van der Waals surface area contributed by atoms with Gasteiger partial charge in [-0.2, -0.15) is 4.98 Å². The molecule has 17 heavy (non-hydrogen) atoms. The molecule has 2 rings (SSSR count). The van der Waals surface area contributed by atoms with Crippen molar-refractivity contribution in [1.29, 1.82) is 0 Å². The zero-order valence-electron chi connectivity index (χ0n) is 9.11. The molecule has 1 aromatic carbocycles. The Bertz CT molecular complexity index is 496. The van der Waals surface area contributed by atoms with Crippen LogP contribution in [0.3, 0.4) is 0 Å². The average Bonchev–Trinajstić information content (AvgIpc) is 2.73. The summed E-state index contributed by atoms with van der Waals surface area (Å²) in [6.07, 6.45) is 0.679. The molecule has 0 saturated carbocycles. The van der Waals surface area contributed by atoms with Gasteiger partial charge in [0.2, 0.25) is 11.7 Å². The van der Waals surface area contributed by atoms with Gasteiger partial charge in [-0.3, -0.25) is 0 Å². The number of hydrogen-bond acceptors (Lipinski definition) is 4. The van der Waals surface area contributed by atoms with E-state index in [4.69, 9.17) is 9.26 Å². The Morgan fingerprint density at radius 1 is 1.41 bits per heavy atom. The maximum absolute atomic E-state index is 13.1. The molecule has 0 aliphatic heterocycles. The van der Waals surface area contributed by atoms with Crippen LogP contribution in [0.1, 0.15) is 18.6 Å². The van der Waals surface area contributed by atoms with E-state index in [0.29, 0.717) is 28.4 Å². The highest BCUT2D eigenvalue weighted by atomic mass is 79.9. The van der Waals surface area contributed by atoms with Crippen LogP contribution in [0.5, 0.6) is 5.75 Å². The molecule has 1 aromatic heterocycles. The van der Waals surface area contributed by atoms with E-state index in [1.54, 1.807) is 6.07 Å². The molecule has 90 valence electrons. The lowest BCUT2D eigenvalue weighted by Gasteiger charge is -2.03. The van der Waals surface area contributed by atoms with E-state index >= 15 is 0 Å². The molecule has 4 nitrogen and oxygen atoms in total. The number of benzene rings is 1. The topological polar surface area (TPSA) is 48.2 Å². The Kier molecular flexibility index (Phi) is 3.73. The molecule has 0 N–H and O–H groups in total. The molecule has 0 atom stereocenters. The largest absolute Gasteiger partial charge is 0.485 e. The predicted molar refractivity (Wildman–Crippen MR) is 62.1 cm³/mol. The zero-order valence-corrected chi connectivity index (χ0v) is 10.7. The molecular formula is C11H10BrFN2O2. The highest BCUT2D eigenvalue weighted by Crippen LogP contribution is 2.21. The minimum atomic E-state index is -0.364. The summed E-state index contributed by atoms with van der Waals surface area (Å²) in [5.74, 6) is 1.06. The highest BCUT2D eigenvalue weighted by molar-refractivity contribution is 9.10. The van der Waals surface area contributed by atoms with E-state index in [0.717, 1.165) is 0 Å². The van der Waals surface area contributed by atoms with Crippen molar-refractivity contribution in [2.45, 2.75) is 20.0 Å². The van der Waals surface area contributed by atoms with Crippen molar-refractivity contribution in [3.63, 3.8) is 0 Å². The summed E-state index contributed by atoms with van der Waals surface area (Å²) in [4.78, 5) is 4.08. The molecule has 0 saturated heterocycles. The molecule has 0 bridgehead atoms. The third-order valence-electron chi connectivity index (χ3n) is 2.02. The first-order valence-electron chi connectivity index (χ1n) is 5.07. The Labute approximate surface area is 106 Å². The van der Waals surface area contributed by atoms with Crippen LogP contribution in [-0.2, 0) is 13.0 Å². The number of hydrogen-bond donors (Lipinski definition) is 0. The molecule has 0 spiro atoms. The number of halogens is 2. The molecule has 0 aliphatic carbocycles. The third-order valence-corrected chi connectivity index (χ3v) is 2.47. The molecule has 0 aliphatic rings. The maximum atomic E-state index is 13.1. The van der Waals surface area contributed by atoms with Crippen LogP contribution in [-0.4, -0.2) is 10.1 Å². The van der Waals surface area contributed by atoms with Crippen molar-refractivity contribution in [2.24, 2.45) is 0 Å². The van der Waals surface area contributed by atoms with Gasteiger partial charge in [0.05, 0.1) is 0 Å². The summed E-state index contributed by atoms with van der Waals surface area (Å²) < 4.78 is 24.0. The minimum Gasteiger partial charge on any atom is -0.485 e. The van der Waals surface area contributed by atoms with Gasteiger partial charge in [-0.05, 0) is 12.1 Å². The molecule has 2 aromatic rings. The van der Waals surface area contributed by atoms with E-state index in [-0.39, 0.29) is 12.4 Å². The first kappa shape index (κ1) is 12.0. The molecule has 0 unspecified atom stereocenters. The Morgan fingerprint density at radius 3 is 2.88 bits per heavy atom. The van der Waals surface area contributed by atoms with Gasteiger partial charge < -0.3 is 9.26 Å². The summed E-state index contributed by atoms with van der Waals surface area (Å²) in [5.41, 5.74) is 0. The van der Waals surface area contributed by atoms with Crippen LogP contribution in [0, 0.1) is 5.82 Å². The zero-order chi connectivity index (χ0) is 12.3. The van der Waals surface area contributed by atoms with Gasteiger partial charge >= 0.3 is 0 Å². The van der Waals surface area contributed by atoms with E-state index in [1.165, 1.54) is 12.1 Å². The van der Waals surface area contributed by atoms with Crippen molar-refractivity contribution in [2.75, 3.05) is 0 Å². The minimum absolute atomic E-state index is 0.152. The van der Waals surface area contributed by atoms with Crippen molar-refractivity contribution in [3.8, 4) is 5.75 Å². The molecule has 6 heteroatoms. The van der Waals surface area contributed by atoms with Crippen LogP contribution >= 0.6 is 15.9 Å². The van der Waals surface area contributed by atoms with Crippen molar-refractivity contribution < 1.29 is 13.7 Å². The van der Waals surface area contributed by atoms with Crippen molar-refractivity contribution in [3.05, 3.63) is 40.2 Å². The maximum Gasteiger partial charge on any atom is 0.226 e. The first-order chi connectivity index (χ1) is 8.17. The van der Waals surface area contributed by atoms with Crippen molar-refractivity contribution >= 4 is 15.9 Å². The van der Waals surface area contributed by atoms with Crippen LogP contribution in [0.15, 0.2) is 27.2 Å². The van der Waals surface area contributed by atoms with Gasteiger partial charge in [0.15, 0.2) is 6.61 Å². The van der Waals surface area contributed by atoms with Gasteiger partial charge in [0.1, 0.15) is 11.6 Å². The predicted octanol–water partition coefficient (Wildman–Crippen LogP) is 3.11. The van der Waals surface area contributed by atoms with E-state index in [2.05, 4.69) is 26.1 Å². The smallest absolute Gasteiger partial charge is 0.226 e.